The van der Waals surface area contributed by atoms with Crippen LogP contribution < -0.4 is 5.32 Å². The number of nitrogens with one attached hydrogen (secondary N) is 1. The van der Waals surface area contributed by atoms with Gasteiger partial charge >= 0.3 is 0 Å². The smallest absolute Gasteiger partial charge is 0.249 e. The van der Waals surface area contributed by atoms with Crippen molar-refractivity contribution < 1.29 is 28.6 Å². The number of piperidine rings is 1. The normalized spacial score (nSPS) is 36.9. The third-order valence-corrected chi connectivity index (χ3v) is 15.1. The van der Waals surface area contributed by atoms with Crippen LogP contribution in [0, 0.1) is 29.6 Å². The number of ether oxygens (including phenoxy) is 1. The number of amides is 3. The molecular formula is C44H71FN4O5. The van der Waals surface area contributed by atoms with E-state index in [4.69, 9.17) is 4.74 Å². The van der Waals surface area contributed by atoms with Crippen LogP contribution in [0.2, 0.25) is 0 Å². The molecule has 3 saturated heterocycles. The standard InChI is InChI=1S/C44H71FN4O5/c1-2-36(30-9-5-3-6-10-30)42(31-11-15-34(50)16-12-31)32-13-17-35(18-14-32)54-26-8-4-7-21-47-22-24-48(25-23-47)40-28-37-33(27-38(40)45)29-49(44(37)53)39-19-20-41(51)46-43(39)52/h30-35,37-40,50H,2-29H2,1H3,(H,46,51,52)/b42-36-. The van der Waals surface area contributed by atoms with Gasteiger partial charge in [-0.1, -0.05) is 37.3 Å². The molecule has 0 aromatic rings. The lowest BCUT2D eigenvalue weighted by molar-refractivity contribution is -0.145. The van der Waals surface area contributed by atoms with E-state index in [2.05, 4.69) is 22.0 Å². The van der Waals surface area contributed by atoms with Gasteiger partial charge in [0.25, 0.3) is 0 Å². The molecule has 0 spiro atoms. The zero-order chi connectivity index (χ0) is 37.6. The molecule has 0 aromatic carbocycles. The van der Waals surface area contributed by atoms with E-state index in [9.17, 15) is 19.5 Å². The first kappa shape index (κ1) is 40.3. The average molecular weight is 755 g/mol. The van der Waals surface area contributed by atoms with Crippen LogP contribution in [-0.2, 0) is 19.1 Å². The van der Waals surface area contributed by atoms with Crippen molar-refractivity contribution >= 4 is 17.7 Å². The third-order valence-electron chi connectivity index (χ3n) is 15.1. The molecule has 7 aliphatic rings. The molecule has 5 atom stereocenters. The van der Waals surface area contributed by atoms with Crippen LogP contribution in [0.3, 0.4) is 0 Å². The Hall–Kier alpha value is -1.88. The van der Waals surface area contributed by atoms with E-state index < -0.39 is 12.2 Å². The molecule has 0 radical (unpaired) electrons. The number of alkyl halides is 1. The van der Waals surface area contributed by atoms with Gasteiger partial charge in [-0.15, -0.1) is 0 Å². The summed E-state index contributed by atoms with van der Waals surface area (Å²) in [6, 6.07) is -0.836. The van der Waals surface area contributed by atoms with E-state index in [1.807, 2.05) is 11.1 Å². The molecule has 4 aliphatic carbocycles. The Labute approximate surface area is 324 Å². The van der Waals surface area contributed by atoms with Crippen LogP contribution in [0.4, 0.5) is 4.39 Å². The van der Waals surface area contributed by atoms with Gasteiger partial charge in [-0.05, 0) is 139 Å². The summed E-state index contributed by atoms with van der Waals surface area (Å²) >= 11 is 0. The summed E-state index contributed by atoms with van der Waals surface area (Å²) in [4.78, 5) is 43.9. The molecule has 7 fully saturated rings. The summed E-state index contributed by atoms with van der Waals surface area (Å²) in [5, 5.41) is 12.6. The van der Waals surface area contributed by atoms with Gasteiger partial charge < -0.3 is 19.6 Å². The van der Waals surface area contributed by atoms with Gasteiger partial charge in [0, 0.05) is 57.7 Å². The number of unbranched alkanes of at least 4 members (excludes halogenated alkanes) is 2. The lowest BCUT2D eigenvalue weighted by Gasteiger charge is -2.44. The fourth-order valence-corrected chi connectivity index (χ4v) is 12.1. The summed E-state index contributed by atoms with van der Waals surface area (Å²) in [6.07, 6.45) is 21.7. The summed E-state index contributed by atoms with van der Waals surface area (Å²) in [5.74, 6) is 1.24. The highest BCUT2D eigenvalue weighted by Gasteiger charge is 2.52. The Morgan fingerprint density at radius 1 is 0.815 bits per heavy atom. The Balaban J connectivity index is 0.787. The van der Waals surface area contributed by atoms with Gasteiger partial charge in [-0.3, -0.25) is 24.6 Å². The number of nitrogens with zero attached hydrogens (tertiary/aromatic N) is 3. The second kappa shape index (κ2) is 19.0. The lowest BCUT2D eigenvalue weighted by Crippen LogP contribution is -2.55. The minimum atomic E-state index is -0.955. The Bertz CT molecular complexity index is 1300. The van der Waals surface area contributed by atoms with Crippen LogP contribution in [0.15, 0.2) is 11.1 Å². The predicted octanol–water partition coefficient (Wildman–Crippen LogP) is 6.57. The number of rotatable bonds is 13. The number of imide groups is 1. The molecule has 3 amide bonds. The first-order chi connectivity index (χ1) is 26.3. The van der Waals surface area contributed by atoms with Gasteiger partial charge in [-0.2, -0.15) is 0 Å². The fraction of sp³-hybridized carbons (Fsp3) is 0.886. The molecule has 3 aliphatic heterocycles. The molecule has 0 bridgehead atoms. The number of aliphatic hydroxyl groups is 1. The van der Waals surface area contributed by atoms with Gasteiger partial charge in [-0.25, -0.2) is 4.39 Å². The van der Waals surface area contributed by atoms with E-state index in [0.717, 1.165) is 70.9 Å². The SMILES string of the molecule is CC/C(=C(\C1CCC(O)CC1)C1CCC(OCCCCCN2CCN(C3CC4C(=O)N(C5CCC(=O)NC5=O)CC4CC3F)CC2)CC1)C1CCCCC1. The van der Waals surface area contributed by atoms with Crippen molar-refractivity contribution in [2.24, 2.45) is 29.6 Å². The number of fused-ring (bicyclic) bond motifs is 1. The topological polar surface area (TPSA) is 102 Å². The highest BCUT2D eigenvalue weighted by Crippen LogP contribution is 2.46. The van der Waals surface area contributed by atoms with E-state index >= 15 is 4.39 Å². The number of piperazine rings is 1. The van der Waals surface area contributed by atoms with E-state index in [1.165, 1.54) is 83.5 Å². The number of hydrogen-bond acceptors (Lipinski definition) is 7. The number of likely N-dealkylation sites (tertiary alicyclic amines) is 1. The second-order valence-corrected chi connectivity index (χ2v) is 18.3. The Kier molecular flexibility index (Phi) is 14.2. The predicted molar refractivity (Wildman–Crippen MR) is 208 cm³/mol. The minimum absolute atomic E-state index is 0.0275. The number of carbonyl (C=O) groups is 3. The first-order valence-corrected chi connectivity index (χ1v) is 22.6. The number of carbonyl (C=O) groups excluding carboxylic acids is 3. The van der Waals surface area contributed by atoms with E-state index in [0.29, 0.717) is 43.7 Å². The zero-order valence-electron chi connectivity index (χ0n) is 33.4. The number of halogens is 1. The quantitative estimate of drug-likeness (QED) is 0.125. The van der Waals surface area contributed by atoms with Crippen LogP contribution in [0.5, 0.6) is 0 Å². The maximum absolute atomic E-state index is 15.6. The molecular weight excluding hydrogens is 684 g/mol. The molecule has 5 unspecified atom stereocenters. The fourth-order valence-electron chi connectivity index (χ4n) is 12.1. The van der Waals surface area contributed by atoms with Crippen molar-refractivity contribution in [2.45, 2.75) is 172 Å². The Morgan fingerprint density at radius 2 is 1.52 bits per heavy atom. The van der Waals surface area contributed by atoms with Crippen molar-refractivity contribution in [3.8, 4) is 0 Å². The molecule has 7 rings (SSSR count). The molecule has 9 nitrogen and oxygen atoms in total. The van der Waals surface area contributed by atoms with Crippen LogP contribution >= 0.6 is 0 Å². The molecule has 3 heterocycles. The van der Waals surface area contributed by atoms with Crippen molar-refractivity contribution in [1.82, 2.24) is 20.0 Å². The third kappa shape index (κ3) is 9.62. The maximum Gasteiger partial charge on any atom is 0.249 e. The first-order valence-electron chi connectivity index (χ1n) is 22.6. The number of allylic oxidation sites excluding steroid dienone is 2. The summed E-state index contributed by atoms with van der Waals surface area (Å²) in [6.45, 7) is 8.30. The summed E-state index contributed by atoms with van der Waals surface area (Å²) in [7, 11) is 0. The molecule has 2 N–H and O–H groups in total. The monoisotopic (exact) mass is 755 g/mol. The molecule has 54 heavy (non-hydrogen) atoms. The van der Waals surface area contributed by atoms with Crippen LogP contribution in [0.25, 0.3) is 0 Å². The van der Waals surface area contributed by atoms with Crippen LogP contribution in [0.1, 0.15) is 142 Å². The zero-order valence-corrected chi connectivity index (χ0v) is 33.4. The largest absolute Gasteiger partial charge is 0.393 e. The molecule has 0 aromatic heterocycles. The highest BCUT2D eigenvalue weighted by molar-refractivity contribution is 6.02. The van der Waals surface area contributed by atoms with Crippen molar-refractivity contribution in [1.29, 1.82) is 0 Å². The van der Waals surface area contributed by atoms with Crippen molar-refractivity contribution in [2.75, 3.05) is 45.9 Å². The van der Waals surface area contributed by atoms with Crippen molar-refractivity contribution in [3.63, 3.8) is 0 Å². The minimum Gasteiger partial charge on any atom is -0.393 e. The van der Waals surface area contributed by atoms with E-state index in [-0.39, 0.29) is 48.1 Å². The molecule has 4 saturated carbocycles. The van der Waals surface area contributed by atoms with E-state index in [1.54, 1.807) is 4.90 Å². The van der Waals surface area contributed by atoms with Crippen molar-refractivity contribution in [3.05, 3.63) is 11.1 Å². The highest BCUT2D eigenvalue weighted by atomic mass is 19.1. The lowest BCUT2D eigenvalue weighted by atomic mass is 9.68. The van der Waals surface area contributed by atoms with Gasteiger partial charge in [0.15, 0.2) is 0 Å². The number of aliphatic hydroxyl groups excluding tert-OH is 1. The molecule has 304 valence electrons. The summed E-state index contributed by atoms with van der Waals surface area (Å²) in [5.41, 5.74) is 3.66. The maximum atomic E-state index is 15.6. The Morgan fingerprint density at radius 3 is 2.20 bits per heavy atom. The van der Waals surface area contributed by atoms with Gasteiger partial charge in [0.1, 0.15) is 12.2 Å². The van der Waals surface area contributed by atoms with Gasteiger partial charge in [0.2, 0.25) is 17.7 Å². The second-order valence-electron chi connectivity index (χ2n) is 18.3. The average Bonchev–Trinajstić information content (AvgIpc) is 3.50. The molecule has 10 heteroatoms. The van der Waals surface area contributed by atoms with Gasteiger partial charge in [0.05, 0.1) is 12.2 Å². The summed E-state index contributed by atoms with van der Waals surface area (Å²) < 4.78 is 22.1. The number of hydrogen-bond donors (Lipinski definition) is 2. The van der Waals surface area contributed by atoms with Crippen LogP contribution in [-0.4, -0.2) is 114 Å².